The van der Waals surface area contributed by atoms with Crippen LogP contribution >= 0.6 is 11.3 Å². The Labute approximate surface area is 93.8 Å². The van der Waals surface area contributed by atoms with Crippen LogP contribution in [0.1, 0.15) is 22.7 Å². The van der Waals surface area contributed by atoms with Gasteiger partial charge in [0.1, 0.15) is 0 Å². The fourth-order valence-electron chi connectivity index (χ4n) is 2.42. The van der Waals surface area contributed by atoms with Crippen LogP contribution in [0, 0.1) is 12.8 Å². The summed E-state index contributed by atoms with van der Waals surface area (Å²) in [6.45, 7) is 4.70. The van der Waals surface area contributed by atoms with E-state index in [9.17, 15) is 5.11 Å². The average molecular weight is 224 g/mol. The van der Waals surface area contributed by atoms with Crippen LogP contribution in [0.5, 0.6) is 0 Å². The highest BCUT2D eigenvalue weighted by Crippen LogP contribution is 2.44. The standard InChI is InChI=1S/C11H16N2OS/c1-8-12-4-10(15-8)5-13-6-11(14,7-13)9-2-3-9/h4,9,14H,2-3,5-7H2,1H3. The number of hydrogen-bond donors (Lipinski definition) is 1. The van der Waals surface area contributed by atoms with Gasteiger partial charge in [-0.2, -0.15) is 0 Å². The van der Waals surface area contributed by atoms with E-state index in [4.69, 9.17) is 0 Å². The summed E-state index contributed by atoms with van der Waals surface area (Å²) in [7, 11) is 0. The maximum atomic E-state index is 10.1. The van der Waals surface area contributed by atoms with Crippen molar-refractivity contribution in [3.05, 3.63) is 16.1 Å². The maximum Gasteiger partial charge on any atom is 0.0928 e. The van der Waals surface area contributed by atoms with Gasteiger partial charge in [0.25, 0.3) is 0 Å². The van der Waals surface area contributed by atoms with E-state index in [1.54, 1.807) is 11.3 Å². The minimum absolute atomic E-state index is 0.347. The van der Waals surface area contributed by atoms with Crippen LogP contribution in [-0.4, -0.2) is 33.7 Å². The molecule has 15 heavy (non-hydrogen) atoms. The van der Waals surface area contributed by atoms with Crippen molar-refractivity contribution in [1.29, 1.82) is 0 Å². The molecule has 0 unspecified atom stereocenters. The van der Waals surface area contributed by atoms with E-state index in [2.05, 4.69) is 9.88 Å². The molecule has 0 spiro atoms. The molecule has 4 heteroatoms. The first-order valence-electron chi connectivity index (χ1n) is 5.52. The quantitative estimate of drug-likeness (QED) is 0.843. The zero-order valence-corrected chi connectivity index (χ0v) is 9.76. The Morgan fingerprint density at radius 2 is 2.33 bits per heavy atom. The lowest BCUT2D eigenvalue weighted by atomic mass is 9.89. The summed E-state index contributed by atoms with van der Waals surface area (Å²) in [6, 6.07) is 0. The third-order valence-corrected chi connectivity index (χ3v) is 4.28. The summed E-state index contributed by atoms with van der Waals surface area (Å²) in [5, 5.41) is 11.3. The molecule has 0 atom stereocenters. The normalized spacial score (nSPS) is 25.2. The second kappa shape index (κ2) is 3.27. The van der Waals surface area contributed by atoms with Gasteiger partial charge < -0.3 is 5.11 Å². The molecule has 2 aliphatic rings. The number of aromatic nitrogens is 1. The fraction of sp³-hybridized carbons (Fsp3) is 0.727. The zero-order valence-electron chi connectivity index (χ0n) is 8.94. The topological polar surface area (TPSA) is 36.4 Å². The molecule has 2 fully saturated rings. The van der Waals surface area contributed by atoms with Gasteiger partial charge in [-0.25, -0.2) is 4.98 Å². The fourth-order valence-corrected chi connectivity index (χ4v) is 3.25. The predicted octanol–water partition coefficient (Wildman–Crippen LogP) is 1.41. The van der Waals surface area contributed by atoms with Gasteiger partial charge in [-0.1, -0.05) is 0 Å². The van der Waals surface area contributed by atoms with Crippen molar-refractivity contribution < 1.29 is 5.11 Å². The van der Waals surface area contributed by atoms with Crippen molar-refractivity contribution in [2.45, 2.75) is 31.9 Å². The highest BCUT2D eigenvalue weighted by molar-refractivity contribution is 7.11. The van der Waals surface area contributed by atoms with Crippen LogP contribution in [0.3, 0.4) is 0 Å². The Balaban J connectivity index is 1.55. The molecule has 82 valence electrons. The number of hydrogen-bond acceptors (Lipinski definition) is 4. The second-order valence-electron chi connectivity index (χ2n) is 4.87. The number of rotatable bonds is 3. The summed E-state index contributed by atoms with van der Waals surface area (Å²) < 4.78 is 0. The van der Waals surface area contributed by atoms with Gasteiger partial charge in [0, 0.05) is 30.7 Å². The molecule has 1 aromatic rings. The SMILES string of the molecule is Cc1ncc(CN2CC(O)(C3CC3)C2)s1. The van der Waals surface area contributed by atoms with Crippen molar-refractivity contribution in [2.75, 3.05) is 13.1 Å². The third-order valence-electron chi connectivity index (χ3n) is 3.38. The first kappa shape index (κ1) is 9.75. The summed E-state index contributed by atoms with van der Waals surface area (Å²) >= 11 is 1.76. The summed E-state index contributed by atoms with van der Waals surface area (Å²) in [4.78, 5) is 7.86. The maximum absolute atomic E-state index is 10.1. The Morgan fingerprint density at radius 1 is 1.60 bits per heavy atom. The van der Waals surface area contributed by atoms with Gasteiger partial charge in [-0.15, -0.1) is 11.3 Å². The van der Waals surface area contributed by atoms with E-state index in [1.165, 1.54) is 17.7 Å². The zero-order chi connectivity index (χ0) is 10.5. The summed E-state index contributed by atoms with van der Waals surface area (Å²) in [6.07, 6.45) is 4.41. The van der Waals surface area contributed by atoms with Gasteiger partial charge >= 0.3 is 0 Å². The molecule has 3 rings (SSSR count). The van der Waals surface area contributed by atoms with Crippen LogP contribution in [0.15, 0.2) is 6.20 Å². The van der Waals surface area contributed by atoms with E-state index in [0.29, 0.717) is 5.92 Å². The highest BCUT2D eigenvalue weighted by Gasteiger charge is 2.51. The van der Waals surface area contributed by atoms with E-state index in [1.807, 2.05) is 13.1 Å². The largest absolute Gasteiger partial charge is 0.387 e. The minimum atomic E-state index is -0.347. The Hall–Kier alpha value is -0.450. The lowest BCUT2D eigenvalue weighted by Gasteiger charge is -2.46. The van der Waals surface area contributed by atoms with Crippen LogP contribution < -0.4 is 0 Å². The van der Waals surface area contributed by atoms with Crippen LogP contribution in [0.2, 0.25) is 0 Å². The van der Waals surface area contributed by atoms with E-state index in [0.717, 1.165) is 24.6 Å². The number of thiazole rings is 1. The molecule has 1 N–H and O–H groups in total. The molecule has 1 saturated carbocycles. The van der Waals surface area contributed by atoms with Crippen molar-refractivity contribution in [3.63, 3.8) is 0 Å². The van der Waals surface area contributed by atoms with Crippen molar-refractivity contribution >= 4 is 11.3 Å². The third kappa shape index (κ3) is 1.82. The van der Waals surface area contributed by atoms with Crippen molar-refractivity contribution in [2.24, 2.45) is 5.92 Å². The van der Waals surface area contributed by atoms with Gasteiger partial charge in [0.05, 0.1) is 10.6 Å². The van der Waals surface area contributed by atoms with Gasteiger partial charge in [-0.05, 0) is 25.7 Å². The minimum Gasteiger partial charge on any atom is -0.387 e. The lowest BCUT2D eigenvalue weighted by molar-refractivity contribution is -0.116. The Morgan fingerprint density at radius 3 is 2.87 bits per heavy atom. The molecule has 0 radical (unpaired) electrons. The number of nitrogens with zero attached hydrogens (tertiary/aromatic N) is 2. The summed E-state index contributed by atoms with van der Waals surface area (Å²) in [5.74, 6) is 0.594. The second-order valence-corrected chi connectivity index (χ2v) is 6.19. The molecule has 1 saturated heterocycles. The molecule has 2 heterocycles. The van der Waals surface area contributed by atoms with E-state index >= 15 is 0 Å². The monoisotopic (exact) mass is 224 g/mol. The molecular weight excluding hydrogens is 208 g/mol. The number of aryl methyl sites for hydroxylation is 1. The van der Waals surface area contributed by atoms with E-state index in [-0.39, 0.29) is 5.60 Å². The van der Waals surface area contributed by atoms with Crippen LogP contribution in [0.25, 0.3) is 0 Å². The highest BCUT2D eigenvalue weighted by atomic mass is 32.1. The summed E-state index contributed by atoms with van der Waals surface area (Å²) in [5.41, 5.74) is -0.347. The number of β-amino-alcohol motifs (C(OH)–C–C–N with tert-alkyl or cyclic N) is 1. The lowest BCUT2D eigenvalue weighted by Crippen LogP contribution is -2.62. The van der Waals surface area contributed by atoms with Gasteiger partial charge in [0.2, 0.25) is 0 Å². The smallest absolute Gasteiger partial charge is 0.0928 e. The molecule has 0 aromatic carbocycles. The number of aliphatic hydroxyl groups is 1. The predicted molar refractivity (Wildman–Crippen MR) is 59.8 cm³/mol. The van der Waals surface area contributed by atoms with Crippen molar-refractivity contribution in [1.82, 2.24) is 9.88 Å². The molecule has 0 amide bonds. The van der Waals surface area contributed by atoms with E-state index < -0.39 is 0 Å². The van der Waals surface area contributed by atoms with Gasteiger partial charge in [-0.3, -0.25) is 4.90 Å². The number of likely N-dealkylation sites (tertiary alicyclic amines) is 1. The Kier molecular flexibility index (Phi) is 2.13. The first-order chi connectivity index (χ1) is 7.16. The molecule has 3 nitrogen and oxygen atoms in total. The Bertz CT molecular complexity index is 366. The molecule has 1 aliphatic heterocycles. The van der Waals surface area contributed by atoms with Gasteiger partial charge in [0.15, 0.2) is 0 Å². The molecule has 1 aliphatic carbocycles. The molecule has 0 bridgehead atoms. The van der Waals surface area contributed by atoms with Crippen molar-refractivity contribution in [3.8, 4) is 0 Å². The van der Waals surface area contributed by atoms with Crippen LogP contribution in [0.4, 0.5) is 0 Å². The average Bonchev–Trinajstić information content (AvgIpc) is 2.90. The molecule has 1 aromatic heterocycles. The first-order valence-corrected chi connectivity index (χ1v) is 6.33. The molecular formula is C11H16N2OS. The van der Waals surface area contributed by atoms with Crippen LogP contribution in [-0.2, 0) is 6.54 Å².